The van der Waals surface area contributed by atoms with Gasteiger partial charge >= 0.3 is 0 Å². The number of amides is 1. The van der Waals surface area contributed by atoms with Gasteiger partial charge < -0.3 is 5.32 Å². The lowest BCUT2D eigenvalue weighted by molar-refractivity contribution is 0.0934. The molecular weight excluding hydrogens is 248 g/mol. The molecule has 1 saturated carbocycles. The summed E-state index contributed by atoms with van der Waals surface area (Å²) in [6, 6.07) is 1.85. The third-order valence-corrected chi connectivity index (χ3v) is 4.28. The largest absolute Gasteiger partial charge is 0.351 e. The highest BCUT2D eigenvalue weighted by Gasteiger charge is 2.33. The summed E-state index contributed by atoms with van der Waals surface area (Å²) in [5.41, 5.74) is 1.72. The number of alkyl halides is 1. The number of aromatic nitrogens is 1. The number of rotatable bonds is 4. The molecule has 98 valence electrons. The lowest BCUT2D eigenvalue weighted by Gasteiger charge is -2.26. The molecule has 0 aliphatic heterocycles. The summed E-state index contributed by atoms with van der Waals surface area (Å²) < 4.78 is 0. The van der Waals surface area contributed by atoms with E-state index in [-0.39, 0.29) is 11.3 Å². The summed E-state index contributed by atoms with van der Waals surface area (Å²) in [6.07, 6.45) is 8.01. The van der Waals surface area contributed by atoms with Gasteiger partial charge in [0.25, 0.3) is 5.91 Å². The number of hydrogen-bond acceptors (Lipinski definition) is 2. The van der Waals surface area contributed by atoms with E-state index < -0.39 is 0 Å². The van der Waals surface area contributed by atoms with Crippen LogP contribution in [-0.2, 0) is 0 Å². The van der Waals surface area contributed by atoms with Crippen molar-refractivity contribution in [2.75, 3.05) is 12.4 Å². The zero-order chi connectivity index (χ0) is 13.0. The van der Waals surface area contributed by atoms with Crippen LogP contribution < -0.4 is 5.32 Å². The molecule has 18 heavy (non-hydrogen) atoms. The molecule has 0 saturated heterocycles. The molecule has 1 fully saturated rings. The first-order valence-electron chi connectivity index (χ1n) is 6.41. The maximum absolute atomic E-state index is 12.0. The van der Waals surface area contributed by atoms with Crippen LogP contribution in [0.5, 0.6) is 0 Å². The van der Waals surface area contributed by atoms with Crippen LogP contribution in [0.3, 0.4) is 0 Å². The second-order valence-electron chi connectivity index (χ2n) is 5.27. The van der Waals surface area contributed by atoms with E-state index in [9.17, 15) is 4.79 Å². The van der Waals surface area contributed by atoms with Gasteiger partial charge in [0.05, 0.1) is 5.56 Å². The van der Waals surface area contributed by atoms with Gasteiger partial charge in [-0.05, 0) is 31.4 Å². The molecule has 2 rings (SSSR count). The number of carbonyl (C=O) groups is 1. The van der Waals surface area contributed by atoms with E-state index in [1.54, 1.807) is 12.4 Å². The normalized spacial score (nSPS) is 17.7. The third kappa shape index (κ3) is 3.02. The summed E-state index contributed by atoms with van der Waals surface area (Å²) in [7, 11) is 0. The predicted molar refractivity (Wildman–Crippen MR) is 72.9 cm³/mol. The number of pyridine rings is 1. The van der Waals surface area contributed by atoms with E-state index in [0.717, 1.165) is 18.4 Å². The van der Waals surface area contributed by atoms with E-state index in [1.165, 1.54) is 12.8 Å². The topological polar surface area (TPSA) is 42.0 Å². The molecule has 1 aromatic heterocycles. The van der Waals surface area contributed by atoms with Crippen molar-refractivity contribution in [3.63, 3.8) is 0 Å². The van der Waals surface area contributed by atoms with E-state index >= 15 is 0 Å². The molecule has 0 aromatic carbocycles. The van der Waals surface area contributed by atoms with E-state index in [2.05, 4.69) is 10.3 Å². The molecule has 0 atom stereocenters. The van der Waals surface area contributed by atoms with Gasteiger partial charge in [0.1, 0.15) is 0 Å². The molecule has 1 N–H and O–H groups in total. The number of nitrogens with one attached hydrogen (secondary N) is 1. The Morgan fingerprint density at radius 3 is 2.78 bits per heavy atom. The summed E-state index contributed by atoms with van der Waals surface area (Å²) in [4.78, 5) is 16.1. The molecular formula is C14H19ClN2O. The fourth-order valence-corrected chi connectivity index (χ4v) is 2.89. The second-order valence-corrected chi connectivity index (χ2v) is 5.54. The predicted octanol–water partition coefficient (Wildman–Crippen LogP) is 2.92. The standard InChI is InChI=1S/C14H19ClN2O/c1-11-6-12(8-16-7-11)13(18)17-10-14(9-15)4-2-3-5-14/h6-8H,2-5,9-10H2,1H3,(H,17,18). The van der Waals surface area contributed by atoms with Gasteiger partial charge in [0.2, 0.25) is 0 Å². The number of halogens is 1. The number of carbonyl (C=O) groups excluding carboxylic acids is 1. The van der Waals surface area contributed by atoms with Crippen LogP contribution in [0.2, 0.25) is 0 Å². The van der Waals surface area contributed by atoms with Crippen molar-refractivity contribution < 1.29 is 4.79 Å². The van der Waals surface area contributed by atoms with Gasteiger partial charge in [0.15, 0.2) is 0 Å². The Kier molecular flexibility index (Phi) is 4.23. The Hall–Kier alpha value is -1.09. The van der Waals surface area contributed by atoms with Crippen LogP contribution in [0, 0.1) is 12.3 Å². The molecule has 0 spiro atoms. The average Bonchev–Trinajstić information content (AvgIpc) is 2.85. The van der Waals surface area contributed by atoms with Crippen LogP contribution in [0.15, 0.2) is 18.5 Å². The van der Waals surface area contributed by atoms with Gasteiger partial charge in [-0.15, -0.1) is 11.6 Å². The van der Waals surface area contributed by atoms with E-state index in [4.69, 9.17) is 11.6 Å². The summed E-state index contributed by atoms with van der Waals surface area (Å²) in [5.74, 6) is 0.571. The minimum Gasteiger partial charge on any atom is -0.351 e. The molecule has 1 aromatic rings. The smallest absolute Gasteiger partial charge is 0.252 e. The Morgan fingerprint density at radius 2 is 2.17 bits per heavy atom. The van der Waals surface area contributed by atoms with E-state index in [0.29, 0.717) is 18.0 Å². The van der Waals surface area contributed by atoms with Gasteiger partial charge in [-0.2, -0.15) is 0 Å². The molecule has 0 bridgehead atoms. The Balaban J connectivity index is 1.96. The lowest BCUT2D eigenvalue weighted by atomic mass is 9.88. The highest BCUT2D eigenvalue weighted by molar-refractivity contribution is 6.18. The first kappa shape index (κ1) is 13.3. The van der Waals surface area contributed by atoms with Crippen molar-refractivity contribution in [1.82, 2.24) is 10.3 Å². The maximum atomic E-state index is 12.0. The fraction of sp³-hybridized carbons (Fsp3) is 0.571. The van der Waals surface area contributed by atoms with Crippen molar-refractivity contribution in [1.29, 1.82) is 0 Å². The van der Waals surface area contributed by atoms with Gasteiger partial charge in [-0.25, -0.2) is 0 Å². The van der Waals surface area contributed by atoms with Crippen molar-refractivity contribution in [3.8, 4) is 0 Å². The molecule has 1 aliphatic carbocycles. The Morgan fingerprint density at radius 1 is 1.44 bits per heavy atom. The Bertz CT molecular complexity index is 428. The van der Waals surface area contributed by atoms with Crippen molar-refractivity contribution >= 4 is 17.5 Å². The number of hydrogen-bond donors (Lipinski definition) is 1. The minimum atomic E-state index is -0.0532. The van der Waals surface area contributed by atoms with Crippen LogP contribution in [0.4, 0.5) is 0 Å². The second kappa shape index (κ2) is 5.70. The third-order valence-electron chi connectivity index (χ3n) is 3.71. The zero-order valence-corrected chi connectivity index (χ0v) is 11.5. The lowest BCUT2D eigenvalue weighted by Crippen LogP contribution is -2.37. The minimum absolute atomic E-state index is 0.0532. The molecule has 4 heteroatoms. The molecule has 0 unspecified atom stereocenters. The maximum Gasteiger partial charge on any atom is 0.252 e. The molecule has 0 radical (unpaired) electrons. The van der Waals surface area contributed by atoms with Gasteiger partial charge in [0, 0.05) is 30.2 Å². The van der Waals surface area contributed by atoms with Gasteiger partial charge in [-0.3, -0.25) is 9.78 Å². The van der Waals surface area contributed by atoms with Crippen LogP contribution in [-0.4, -0.2) is 23.3 Å². The Labute approximate surface area is 113 Å². The SMILES string of the molecule is Cc1cncc(C(=O)NCC2(CCl)CCCC2)c1. The highest BCUT2D eigenvalue weighted by atomic mass is 35.5. The van der Waals surface area contributed by atoms with Crippen molar-refractivity contribution in [2.45, 2.75) is 32.6 Å². The highest BCUT2D eigenvalue weighted by Crippen LogP contribution is 2.38. The van der Waals surface area contributed by atoms with Crippen LogP contribution >= 0.6 is 11.6 Å². The zero-order valence-electron chi connectivity index (χ0n) is 10.7. The fourth-order valence-electron chi connectivity index (χ4n) is 2.53. The molecule has 3 nitrogen and oxygen atoms in total. The first-order chi connectivity index (χ1) is 8.65. The summed E-state index contributed by atoms with van der Waals surface area (Å²) in [6.45, 7) is 2.60. The number of aryl methyl sites for hydroxylation is 1. The quantitative estimate of drug-likeness (QED) is 0.852. The van der Waals surface area contributed by atoms with Crippen LogP contribution in [0.25, 0.3) is 0 Å². The van der Waals surface area contributed by atoms with Crippen molar-refractivity contribution in [3.05, 3.63) is 29.6 Å². The monoisotopic (exact) mass is 266 g/mol. The summed E-state index contributed by atoms with van der Waals surface area (Å²) >= 11 is 6.06. The van der Waals surface area contributed by atoms with Crippen molar-refractivity contribution in [2.24, 2.45) is 5.41 Å². The number of nitrogens with zero attached hydrogens (tertiary/aromatic N) is 1. The average molecular weight is 267 g/mol. The molecule has 1 amide bonds. The van der Waals surface area contributed by atoms with E-state index in [1.807, 2.05) is 13.0 Å². The van der Waals surface area contributed by atoms with Gasteiger partial charge in [-0.1, -0.05) is 12.8 Å². The molecule has 1 aliphatic rings. The molecule has 1 heterocycles. The summed E-state index contributed by atoms with van der Waals surface area (Å²) in [5, 5.41) is 3.00. The first-order valence-corrected chi connectivity index (χ1v) is 6.94. The van der Waals surface area contributed by atoms with Crippen LogP contribution in [0.1, 0.15) is 41.6 Å².